The lowest BCUT2D eigenvalue weighted by Gasteiger charge is -2.27. The van der Waals surface area contributed by atoms with Crippen molar-refractivity contribution in [2.45, 2.75) is 0 Å². The molecule has 0 spiro atoms. The van der Waals surface area contributed by atoms with Crippen molar-refractivity contribution >= 4 is 17.3 Å². The summed E-state index contributed by atoms with van der Waals surface area (Å²) in [5.41, 5.74) is 5.64. The van der Waals surface area contributed by atoms with Crippen LogP contribution >= 0.6 is 0 Å². The highest BCUT2D eigenvalue weighted by atomic mass is 16.6. The van der Waals surface area contributed by atoms with E-state index < -0.39 is 4.92 Å². The van der Waals surface area contributed by atoms with Crippen LogP contribution in [-0.2, 0) is 0 Å². The molecule has 1 amide bonds. The van der Waals surface area contributed by atoms with Crippen LogP contribution in [0.2, 0.25) is 0 Å². The van der Waals surface area contributed by atoms with E-state index in [1.807, 2.05) is 0 Å². The van der Waals surface area contributed by atoms with Crippen LogP contribution in [0.4, 0.5) is 11.4 Å². The number of piperazine rings is 1. The van der Waals surface area contributed by atoms with Crippen LogP contribution in [0, 0.1) is 10.1 Å². The van der Waals surface area contributed by atoms with Gasteiger partial charge in [-0.15, -0.1) is 0 Å². The van der Waals surface area contributed by atoms with E-state index in [0.29, 0.717) is 18.7 Å². The Labute approximate surface area is 104 Å². The van der Waals surface area contributed by atoms with Gasteiger partial charge in [0.25, 0.3) is 11.6 Å². The summed E-state index contributed by atoms with van der Waals surface area (Å²) in [6, 6.07) is 4.15. The van der Waals surface area contributed by atoms with E-state index in [2.05, 4.69) is 5.32 Å². The third-order valence-corrected chi connectivity index (χ3v) is 2.88. The van der Waals surface area contributed by atoms with E-state index >= 15 is 0 Å². The molecule has 0 aliphatic carbocycles. The van der Waals surface area contributed by atoms with Crippen molar-refractivity contribution in [3.05, 3.63) is 33.9 Å². The fourth-order valence-electron chi connectivity index (χ4n) is 1.89. The fraction of sp³-hybridized carbons (Fsp3) is 0.364. The predicted molar refractivity (Wildman–Crippen MR) is 66.3 cm³/mol. The number of nitrogens with two attached hydrogens (primary N) is 1. The van der Waals surface area contributed by atoms with Crippen LogP contribution < -0.4 is 11.1 Å². The van der Waals surface area contributed by atoms with E-state index in [9.17, 15) is 14.9 Å². The van der Waals surface area contributed by atoms with Gasteiger partial charge >= 0.3 is 0 Å². The Morgan fingerprint density at radius 1 is 1.39 bits per heavy atom. The first-order chi connectivity index (χ1) is 8.59. The van der Waals surface area contributed by atoms with Gasteiger partial charge in [-0.25, -0.2) is 0 Å². The van der Waals surface area contributed by atoms with Gasteiger partial charge in [0.15, 0.2) is 0 Å². The second-order valence-corrected chi connectivity index (χ2v) is 4.07. The zero-order valence-corrected chi connectivity index (χ0v) is 9.76. The lowest BCUT2D eigenvalue weighted by atomic mass is 10.1. The number of hydrogen-bond donors (Lipinski definition) is 2. The second kappa shape index (κ2) is 5.01. The Bertz CT molecular complexity index is 483. The van der Waals surface area contributed by atoms with Crippen LogP contribution in [0.1, 0.15) is 10.4 Å². The summed E-state index contributed by atoms with van der Waals surface area (Å²) in [4.78, 5) is 24.0. The number of rotatable bonds is 2. The van der Waals surface area contributed by atoms with Crippen molar-refractivity contribution in [1.82, 2.24) is 10.2 Å². The first-order valence-corrected chi connectivity index (χ1v) is 5.63. The van der Waals surface area contributed by atoms with Gasteiger partial charge in [-0.05, 0) is 12.1 Å². The summed E-state index contributed by atoms with van der Waals surface area (Å²) < 4.78 is 0. The molecule has 2 rings (SSSR count). The van der Waals surface area contributed by atoms with Crippen LogP contribution in [0.15, 0.2) is 18.2 Å². The molecule has 0 atom stereocenters. The molecular formula is C11H14N4O3. The molecule has 3 N–H and O–H groups in total. The third kappa shape index (κ3) is 2.40. The second-order valence-electron chi connectivity index (χ2n) is 4.07. The smallest absolute Gasteiger partial charge is 0.292 e. The summed E-state index contributed by atoms with van der Waals surface area (Å²) in [7, 11) is 0. The number of hydrogen-bond acceptors (Lipinski definition) is 5. The number of benzene rings is 1. The van der Waals surface area contributed by atoms with Crippen molar-refractivity contribution < 1.29 is 9.72 Å². The van der Waals surface area contributed by atoms with Gasteiger partial charge in [0.1, 0.15) is 5.69 Å². The van der Waals surface area contributed by atoms with Crippen LogP contribution in [-0.4, -0.2) is 41.9 Å². The van der Waals surface area contributed by atoms with Crippen molar-refractivity contribution in [2.24, 2.45) is 0 Å². The zero-order chi connectivity index (χ0) is 13.1. The molecule has 18 heavy (non-hydrogen) atoms. The Balaban J connectivity index is 2.24. The number of nitrogen functional groups attached to an aromatic ring is 1. The minimum absolute atomic E-state index is 0.0665. The Morgan fingerprint density at radius 3 is 2.67 bits per heavy atom. The number of anilines is 1. The first kappa shape index (κ1) is 12.3. The van der Waals surface area contributed by atoms with Gasteiger partial charge in [-0.1, -0.05) is 0 Å². The average molecular weight is 250 g/mol. The molecule has 7 nitrogen and oxygen atoms in total. The molecule has 1 fully saturated rings. The fourth-order valence-corrected chi connectivity index (χ4v) is 1.89. The van der Waals surface area contributed by atoms with E-state index in [4.69, 9.17) is 5.73 Å². The zero-order valence-electron chi connectivity index (χ0n) is 9.76. The maximum atomic E-state index is 12.1. The lowest BCUT2D eigenvalue weighted by molar-refractivity contribution is -0.383. The largest absolute Gasteiger partial charge is 0.393 e. The number of carbonyl (C=O) groups is 1. The highest BCUT2D eigenvalue weighted by Gasteiger charge is 2.21. The normalized spacial score (nSPS) is 15.4. The summed E-state index contributed by atoms with van der Waals surface area (Å²) in [6.07, 6.45) is 0. The van der Waals surface area contributed by atoms with Crippen LogP contribution in [0.5, 0.6) is 0 Å². The summed E-state index contributed by atoms with van der Waals surface area (Å²) in [6.45, 7) is 2.69. The quantitative estimate of drug-likeness (QED) is 0.444. The van der Waals surface area contributed by atoms with Crippen molar-refractivity contribution in [2.75, 3.05) is 31.9 Å². The van der Waals surface area contributed by atoms with E-state index in [1.165, 1.54) is 18.2 Å². The van der Waals surface area contributed by atoms with E-state index in [0.717, 1.165) is 13.1 Å². The summed E-state index contributed by atoms with van der Waals surface area (Å²) >= 11 is 0. The highest BCUT2D eigenvalue weighted by Crippen LogP contribution is 2.23. The van der Waals surface area contributed by atoms with Crippen molar-refractivity contribution in [3.8, 4) is 0 Å². The molecule has 0 radical (unpaired) electrons. The maximum absolute atomic E-state index is 12.1. The lowest BCUT2D eigenvalue weighted by Crippen LogP contribution is -2.46. The molecule has 1 aromatic carbocycles. The molecule has 1 aliphatic heterocycles. The van der Waals surface area contributed by atoms with Gasteiger partial charge in [-0.3, -0.25) is 14.9 Å². The number of nitro benzene ring substituents is 1. The molecule has 0 bridgehead atoms. The average Bonchev–Trinajstić information content (AvgIpc) is 2.39. The minimum Gasteiger partial charge on any atom is -0.393 e. The Morgan fingerprint density at radius 2 is 2.06 bits per heavy atom. The SMILES string of the molecule is Nc1ccc(C(=O)N2CCNCC2)cc1[N+](=O)[O-]. The third-order valence-electron chi connectivity index (χ3n) is 2.88. The first-order valence-electron chi connectivity index (χ1n) is 5.63. The number of carbonyl (C=O) groups excluding carboxylic acids is 1. The van der Waals surface area contributed by atoms with Gasteiger partial charge < -0.3 is 16.0 Å². The topological polar surface area (TPSA) is 102 Å². The molecule has 1 aromatic rings. The number of nitrogens with zero attached hydrogens (tertiary/aromatic N) is 2. The molecular weight excluding hydrogens is 236 g/mol. The molecule has 1 saturated heterocycles. The molecule has 1 aliphatic rings. The van der Waals surface area contributed by atoms with Gasteiger partial charge in [0.05, 0.1) is 4.92 Å². The molecule has 1 heterocycles. The molecule has 7 heteroatoms. The highest BCUT2D eigenvalue weighted by molar-refractivity contribution is 5.95. The van der Waals surface area contributed by atoms with Gasteiger partial charge in [-0.2, -0.15) is 0 Å². The summed E-state index contributed by atoms with van der Waals surface area (Å²) in [5, 5.41) is 13.9. The predicted octanol–water partition coefficient (Wildman–Crippen LogP) is 0.222. The Hall–Kier alpha value is -2.15. The van der Waals surface area contributed by atoms with Crippen LogP contribution in [0.3, 0.4) is 0 Å². The molecule has 0 saturated carbocycles. The number of nitro groups is 1. The van der Waals surface area contributed by atoms with Gasteiger partial charge in [0, 0.05) is 37.8 Å². The molecule has 0 aromatic heterocycles. The van der Waals surface area contributed by atoms with Crippen molar-refractivity contribution in [1.29, 1.82) is 0 Å². The van der Waals surface area contributed by atoms with E-state index in [1.54, 1.807) is 4.90 Å². The van der Waals surface area contributed by atoms with Crippen LogP contribution in [0.25, 0.3) is 0 Å². The molecule has 0 unspecified atom stereocenters. The monoisotopic (exact) mass is 250 g/mol. The Kier molecular flexibility index (Phi) is 3.42. The summed E-state index contributed by atoms with van der Waals surface area (Å²) in [5.74, 6) is -0.195. The standard InChI is InChI=1S/C11H14N4O3/c12-9-2-1-8(7-10(9)15(17)18)11(16)14-5-3-13-4-6-14/h1-2,7,13H,3-6,12H2. The maximum Gasteiger partial charge on any atom is 0.292 e. The minimum atomic E-state index is -0.579. The molecule has 96 valence electrons. The number of amides is 1. The van der Waals surface area contributed by atoms with E-state index in [-0.39, 0.29) is 17.3 Å². The van der Waals surface area contributed by atoms with Gasteiger partial charge in [0.2, 0.25) is 0 Å². The number of nitrogens with one attached hydrogen (secondary N) is 1. The van der Waals surface area contributed by atoms with Crippen molar-refractivity contribution in [3.63, 3.8) is 0 Å².